The number of H-pyrrole nitrogens is 1. The van der Waals surface area contributed by atoms with Crippen molar-refractivity contribution in [2.45, 2.75) is 32.1 Å². The van der Waals surface area contributed by atoms with Gasteiger partial charge in [0, 0.05) is 23.7 Å². The van der Waals surface area contributed by atoms with E-state index in [-0.39, 0.29) is 5.28 Å². The minimum Gasteiger partial charge on any atom is -0.323 e. The van der Waals surface area contributed by atoms with E-state index in [1.54, 1.807) is 0 Å². The number of aryl methyl sites for hydroxylation is 1. The van der Waals surface area contributed by atoms with Crippen molar-refractivity contribution in [3.63, 3.8) is 0 Å². The molecule has 0 aromatic carbocycles. The first kappa shape index (κ1) is 11.5. The first-order valence-corrected chi connectivity index (χ1v) is 6.48. The highest BCUT2D eigenvalue weighted by Crippen LogP contribution is 2.39. The van der Waals surface area contributed by atoms with Gasteiger partial charge in [-0.2, -0.15) is 5.10 Å². The summed E-state index contributed by atoms with van der Waals surface area (Å²) in [6.45, 7) is 2.07. The normalized spacial score (nSPS) is 14.8. The number of halogens is 1. The molecule has 2 aromatic heterocycles. The molecule has 3 rings (SSSR count). The molecule has 0 radical (unpaired) electrons. The molecule has 2 aromatic rings. The zero-order chi connectivity index (χ0) is 12.5. The average molecular weight is 264 g/mol. The highest BCUT2D eigenvalue weighted by molar-refractivity contribution is 6.28. The van der Waals surface area contributed by atoms with Gasteiger partial charge in [0.05, 0.1) is 5.69 Å². The van der Waals surface area contributed by atoms with Crippen LogP contribution < -0.4 is 5.32 Å². The number of rotatable bonds is 4. The van der Waals surface area contributed by atoms with Gasteiger partial charge in [-0.05, 0) is 30.9 Å². The van der Waals surface area contributed by atoms with Crippen molar-refractivity contribution in [1.29, 1.82) is 0 Å². The van der Waals surface area contributed by atoms with Gasteiger partial charge in [-0.25, -0.2) is 9.97 Å². The number of hydrogen-bond donors (Lipinski definition) is 2. The van der Waals surface area contributed by atoms with E-state index in [2.05, 4.69) is 32.4 Å². The Labute approximate surface area is 110 Å². The Hall–Kier alpha value is -1.62. The number of hydrogen-bond acceptors (Lipinski definition) is 4. The molecule has 94 valence electrons. The zero-order valence-electron chi connectivity index (χ0n) is 10.1. The highest BCUT2D eigenvalue weighted by atomic mass is 35.5. The molecule has 0 amide bonds. The molecule has 2 N–H and O–H groups in total. The molecule has 5 nitrogen and oxygen atoms in total. The Morgan fingerprint density at radius 2 is 2.17 bits per heavy atom. The number of anilines is 2. The standard InChI is InChI=1S/C12H14ClN5/c1-2-8-5-11(18-17-8)15-10-6-9(7-3-4-7)14-12(13)16-10/h5-7H,2-4H2,1H3,(H2,14,15,16,17,18). The fourth-order valence-electron chi connectivity index (χ4n) is 1.83. The second-order valence-electron chi connectivity index (χ2n) is 4.48. The summed E-state index contributed by atoms with van der Waals surface area (Å²) in [6, 6.07) is 3.91. The van der Waals surface area contributed by atoms with Crippen molar-refractivity contribution in [3.05, 3.63) is 28.8 Å². The molecule has 0 unspecified atom stereocenters. The molecule has 1 aliphatic carbocycles. The third kappa shape index (κ3) is 2.46. The van der Waals surface area contributed by atoms with Crippen molar-refractivity contribution in [3.8, 4) is 0 Å². The van der Waals surface area contributed by atoms with Gasteiger partial charge < -0.3 is 5.32 Å². The molecule has 0 saturated heterocycles. The van der Waals surface area contributed by atoms with Crippen LogP contribution in [0.15, 0.2) is 12.1 Å². The summed E-state index contributed by atoms with van der Waals surface area (Å²) < 4.78 is 0. The lowest BCUT2D eigenvalue weighted by Gasteiger charge is -2.04. The zero-order valence-corrected chi connectivity index (χ0v) is 10.8. The van der Waals surface area contributed by atoms with Gasteiger partial charge in [-0.1, -0.05) is 6.92 Å². The van der Waals surface area contributed by atoms with Gasteiger partial charge in [0.1, 0.15) is 5.82 Å². The largest absolute Gasteiger partial charge is 0.323 e. The summed E-state index contributed by atoms with van der Waals surface area (Å²) in [5, 5.41) is 10.5. The van der Waals surface area contributed by atoms with Crippen molar-refractivity contribution < 1.29 is 0 Å². The van der Waals surface area contributed by atoms with Crippen molar-refractivity contribution in [2.75, 3.05) is 5.32 Å². The minimum atomic E-state index is 0.285. The fourth-order valence-corrected chi connectivity index (χ4v) is 2.01. The van der Waals surface area contributed by atoms with E-state index in [1.807, 2.05) is 12.1 Å². The molecule has 0 spiro atoms. The second-order valence-corrected chi connectivity index (χ2v) is 4.82. The molecule has 2 heterocycles. The second kappa shape index (κ2) is 4.57. The summed E-state index contributed by atoms with van der Waals surface area (Å²) >= 11 is 5.93. The molecule has 0 aliphatic heterocycles. The number of nitrogens with zero attached hydrogens (tertiary/aromatic N) is 3. The average Bonchev–Trinajstić information content (AvgIpc) is 3.10. The third-order valence-corrected chi connectivity index (χ3v) is 3.15. The maximum Gasteiger partial charge on any atom is 0.224 e. The highest BCUT2D eigenvalue weighted by Gasteiger charge is 2.26. The van der Waals surface area contributed by atoms with Gasteiger partial charge in [-0.15, -0.1) is 0 Å². The lowest BCUT2D eigenvalue weighted by molar-refractivity contribution is 0.972. The Bertz CT molecular complexity index is 561. The van der Waals surface area contributed by atoms with Gasteiger partial charge in [-0.3, -0.25) is 5.10 Å². The van der Waals surface area contributed by atoms with Crippen LogP contribution in [0.3, 0.4) is 0 Å². The van der Waals surface area contributed by atoms with E-state index in [4.69, 9.17) is 11.6 Å². The van der Waals surface area contributed by atoms with Crippen molar-refractivity contribution in [2.24, 2.45) is 0 Å². The van der Waals surface area contributed by atoms with E-state index in [0.717, 1.165) is 23.6 Å². The van der Waals surface area contributed by atoms with Crippen LogP contribution in [0.25, 0.3) is 0 Å². The van der Waals surface area contributed by atoms with Crippen molar-refractivity contribution in [1.82, 2.24) is 20.2 Å². The molecule has 1 aliphatic rings. The summed E-state index contributed by atoms with van der Waals surface area (Å²) in [4.78, 5) is 8.41. The van der Waals surface area contributed by atoms with Crippen LogP contribution in [-0.2, 0) is 6.42 Å². The van der Waals surface area contributed by atoms with E-state index < -0.39 is 0 Å². The Kier molecular flexibility index (Phi) is 2.91. The molecule has 1 saturated carbocycles. The molecule has 6 heteroatoms. The quantitative estimate of drug-likeness (QED) is 0.832. The third-order valence-electron chi connectivity index (χ3n) is 2.98. The predicted octanol–water partition coefficient (Wildman–Crippen LogP) is 3.04. The number of aromatic amines is 1. The van der Waals surface area contributed by atoms with Crippen LogP contribution in [0.2, 0.25) is 5.28 Å². The summed E-state index contributed by atoms with van der Waals surface area (Å²) in [6.07, 6.45) is 3.30. The van der Waals surface area contributed by atoms with Crippen LogP contribution in [0, 0.1) is 0 Å². The van der Waals surface area contributed by atoms with Gasteiger partial charge >= 0.3 is 0 Å². The van der Waals surface area contributed by atoms with Crippen LogP contribution in [-0.4, -0.2) is 20.2 Å². The monoisotopic (exact) mass is 263 g/mol. The minimum absolute atomic E-state index is 0.285. The maximum absolute atomic E-state index is 5.93. The summed E-state index contributed by atoms with van der Waals surface area (Å²) in [7, 11) is 0. The summed E-state index contributed by atoms with van der Waals surface area (Å²) in [5.74, 6) is 2.01. The summed E-state index contributed by atoms with van der Waals surface area (Å²) in [5.41, 5.74) is 2.10. The van der Waals surface area contributed by atoms with E-state index >= 15 is 0 Å². The van der Waals surface area contributed by atoms with Crippen LogP contribution >= 0.6 is 11.6 Å². The molecular formula is C12H14ClN5. The molecule has 0 atom stereocenters. The smallest absolute Gasteiger partial charge is 0.224 e. The lowest BCUT2D eigenvalue weighted by atomic mass is 10.3. The van der Waals surface area contributed by atoms with Crippen molar-refractivity contribution >= 4 is 23.2 Å². The lowest BCUT2D eigenvalue weighted by Crippen LogP contribution is -1.98. The van der Waals surface area contributed by atoms with E-state index in [1.165, 1.54) is 12.8 Å². The van der Waals surface area contributed by atoms with Crippen LogP contribution in [0.1, 0.15) is 37.1 Å². The molecule has 1 fully saturated rings. The van der Waals surface area contributed by atoms with Gasteiger partial charge in [0.15, 0.2) is 5.82 Å². The predicted molar refractivity (Wildman–Crippen MR) is 70.3 cm³/mol. The first-order valence-electron chi connectivity index (χ1n) is 6.10. The fraction of sp³-hybridized carbons (Fsp3) is 0.417. The SMILES string of the molecule is CCc1cc(Nc2cc(C3CC3)nc(Cl)n2)n[nH]1. The Morgan fingerprint density at radius 1 is 1.33 bits per heavy atom. The Balaban J connectivity index is 1.82. The number of aromatic nitrogens is 4. The van der Waals surface area contributed by atoms with Crippen LogP contribution in [0.4, 0.5) is 11.6 Å². The molecule has 18 heavy (non-hydrogen) atoms. The van der Waals surface area contributed by atoms with Crippen LogP contribution in [0.5, 0.6) is 0 Å². The van der Waals surface area contributed by atoms with E-state index in [0.29, 0.717) is 11.7 Å². The molecular weight excluding hydrogens is 250 g/mol. The van der Waals surface area contributed by atoms with E-state index in [9.17, 15) is 0 Å². The van der Waals surface area contributed by atoms with Gasteiger partial charge in [0.25, 0.3) is 0 Å². The first-order chi connectivity index (χ1) is 8.74. The Morgan fingerprint density at radius 3 is 2.83 bits per heavy atom. The molecule has 0 bridgehead atoms. The topological polar surface area (TPSA) is 66.5 Å². The number of nitrogens with one attached hydrogen (secondary N) is 2. The van der Waals surface area contributed by atoms with Gasteiger partial charge in [0.2, 0.25) is 5.28 Å². The maximum atomic E-state index is 5.93.